The molecule has 0 saturated carbocycles. The highest BCUT2D eigenvalue weighted by molar-refractivity contribution is 5.94. The van der Waals surface area contributed by atoms with Crippen LogP contribution in [0.5, 0.6) is 5.75 Å². The third-order valence-electron chi connectivity index (χ3n) is 4.93. The van der Waals surface area contributed by atoms with Crippen LogP contribution in [0, 0.1) is 0 Å². The van der Waals surface area contributed by atoms with E-state index < -0.39 is 0 Å². The molecule has 2 aromatic rings. The molecule has 0 radical (unpaired) electrons. The fraction of sp³-hybridized carbons (Fsp3) is 0.409. The normalized spacial score (nSPS) is 17.0. The van der Waals surface area contributed by atoms with Crippen LogP contribution in [0.1, 0.15) is 49.0 Å². The van der Waals surface area contributed by atoms with Crippen molar-refractivity contribution in [2.45, 2.75) is 45.7 Å². The van der Waals surface area contributed by atoms with Crippen molar-refractivity contribution in [1.29, 1.82) is 0 Å². The number of piperidine rings is 1. The molecule has 2 aromatic carbocycles. The molecule has 0 aromatic heterocycles. The van der Waals surface area contributed by atoms with Crippen LogP contribution < -0.4 is 10.1 Å². The first-order chi connectivity index (χ1) is 12.7. The van der Waals surface area contributed by atoms with Gasteiger partial charge in [-0.05, 0) is 75.1 Å². The van der Waals surface area contributed by atoms with E-state index in [-0.39, 0.29) is 5.91 Å². The van der Waals surface area contributed by atoms with Crippen LogP contribution in [0.25, 0.3) is 0 Å². The number of hydrogen-bond donors (Lipinski definition) is 1. The number of likely N-dealkylation sites (tertiary alicyclic amines) is 1. The summed E-state index contributed by atoms with van der Waals surface area (Å²) in [6, 6.07) is 16.3. The van der Waals surface area contributed by atoms with Gasteiger partial charge in [-0.25, -0.2) is 0 Å². The van der Waals surface area contributed by atoms with Gasteiger partial charge >= 0.3 is 0 Å². The fourth-order valence-corrected chi connectivity index (χ4v) is 3.37. The van der Waals surface area contributed by atoms with Gasteiger partial charge in [0.05, 0.1) is 6.61 Å². The maximum Gasteiger partial charge on any atom is 0.254 e. The van der Waals surface area contributed by atoms with Crippen molar-refractivity contribution in [3.8, 4) is 5.75 Å². The van der Waals surface area contributed by atoms with Crippen molar-refractivity contribution in [2.24, 2.45) is 0 Å². The SMILES string of the molecule is CCOc1ccc(NCc2ccc(C(=O)N3CCCCC3C)cc2)cc1. The molecule has 138 valence electrons. The largest absolute Gasteiger partial charge is 0.494 e. The Morgan fingerprint density at radius 2 is 1.85 bits per heavy atom. The van der Waals surface area contributed by atoms with Crippen molar-refractivity contribution in [2.75, 3.05) is 18.5 Å². The average molecular weight is 352 g/mol. The van der Waals surface area contributed by atoms with Gasteiger partial charge < -0.3 is 15.0 Å². The van der Waals surface area contributed by atoms with Crippen molar-refractivity contribution in [1.82, 2.24) is 4.90 Å². The standard InChI is InChI=1S/C22H28N2O2/c1-3-26-21-13-11-20(12-14-21)23-16-18-7-9-19(10-8-18)22(25)24-15-5-4-6-17(24)2/h7-14,17,23H,3-6,15-16H2,1-2H3. The minimum atomic E-state index is 0.156. The van der Waals surface area contributed by atoms with Gasteiger partial charge in [0.25, 0.3) is 5.91 Å². The van der Waals surface area contributed by atoms with Crippen LogP contribution in [-0.2, 0) is 6.54 Å². The Hall–Kier alpha value is -2.49. The Labute approximate surface area is 156 Å². The lowest BCUT2D eigenvalue weighted by molar-refractivity contribution is 0.0635. The quantitative estimate of drug-likeness (QED) is 0.818. The van der Waals surface area contributed by atoms with Gasteiger partial charge in [-0.2, -0.15) is 0 Å². The highest BCUT2D eigenvalue weighted by Gasteiger charge is 2.23. The molecule has 1 N–H and O–H groups in total. The molecule has 0 bridgehead atoms. The first-order valence-corrected chi connectivity index (χ1v) is 9.54. The number of amides is 1. The molecule has 1 atom stereocenters. The first-order valence-electron chi connectivity index (χ1n) is 9.54. The van der Waals surface area contributed by atoms with E-state index in [4.69, 9.17) is 4.74 Å². The number of benzene rings is 2. The van der Waals surface area contributed by atoms with Gasteiger partial charge in [0.2, 0.25) is 0 Å². The highest BCUT2D eigenvalue weighted by Crippen LogP contribution is 2.20. The molecule has 1 amide bonds. The minimum Gasteiger partial charge on any atom is -0.494 e. The maximum absolute atomic E-state index is 12.7. The van der Waals surface area contributed by atoms with Crippen LogP contribution in [0.3, 0.4) is 0 Å². The monoisotopic (exact) mass is 352 g/mol. The Morgan fingerprint density at radius 3 is 2.50 bits per heavy atom. The van der Waals surface area contributed by atoms with Crippen molar-refractivity contribution in [3.05, 3.63) is 59.7 Å². The smallest absolute Gasteiger partial charge is 0.254 e. The second-order valence-electron chi connectivity index (χ2n) is 6.85. The molecule has 1 aliphatic rings. The third kappa shape index (κ3) is 4.57. The van der Waals surface area contributed by atoms with Crippen LogP contribution >= 0.6 is 0 Å². The van der Waals surface area contributed by atoms with E-state index in [1.54, 1.807) is 0 Å². The Kier molecular flexibility index (Phi) is 6.16. The Balaban J connectivity index is 1.56. The van der Waals surface area contributed by atoms with Gasteiger partial charge in [-0.3, -0.25) is 4.79 Å². The molecule has 1 fully saturated rings. The molecule has 26 heavy (non-hydrogen) atoms. The number of nitrogens with zero attached hydrogens (tertiary/aromatic N) is 1. The lowest BCUT2D eigenvalue weighted by Gasteiger charge is -2.33. The van der Waals surface area contributed by atoms with Crippen LogP contribution in [0.4, 0.5) is 5.69 Å². The van der Waals surface area contributed by atoms with E-state index in [0.29, 0.717) is 12.6 Å². The number of carbonyl (C=O) groups is 1. The molecular weight excluding hydrogens is 324 g/mol. The van der Waals surface area contributed by atoms with Crippen LogP contribution in [-0.4, -0.2) is 30.0 Å². The lowest BCUT2D eigenvalue weighted by atomic mass is 10.0. The van der Waals surface area contributed by atoms with E-state index in [1.807, 2.05) is 60.4 Å². The molecule has 1 heterocycles. The zero-order valence-corrected chi connectivity index (χ0v) is 15.7. The molecule has 4 heteroatoms. The summed E-state index contributed by atoms with van der Waals surface area (Å²) in [7, 11) is 0. The summed E-state index contributed by atoms with van der Waals surface area (Å²) in [4.78, 5) is 14.7. The molecule has 0 spiro atoms. The number of ether oxygens (including phenoxy) is 1. The molecule has 1 unspecified atom stereocenters. The molecule has 1 saturated heterocycles. The first kappa shape index (κ1) is 18.3. The summed E-state index contributed by atoms with van der Waals surface area (Å²) in [6.07, 6.45) is 3.44. The van der Waals surface area contributed by atoms with Crippen molar-refractivity contribution < 1.29 is 9.53 Å². The summed E-state index contributed by atoms with van der Waals surface area (Å²) >= 11 is 0. The molecule has 0 aliphatic carbocycles. The molecule has 1 aliphatic heterocycles. The van der Waals surface area contributed by atoms with Crippen molar-refractivity contribution >= 4 is 11.6 Å². The third-order valence-corrected chi connectivity index (χ3v) is 4.93. The van der Waals surface area contributed by atoms with E-state index >= 15 is 0 Å². The second-order valence-corrected chi connectivity index (χ2v) is 6.85. The minimum absolute atomic E-state index is 0.156. The van der Waals surface area contributed by atoms with E-state index in [9.17, 15) is 4.79 Å². The van der Waals surface area contributed by atoms with Gasteiger partial charge in [0.15, 0.2) is 0 Å². The van der Waals surface area contributed by atoms with Gasteiger partial charge in [-0.1, -0.05) is 12.1 Å². The number of hydrogen-bond acceptors (Lipinski definition) is 3. The summed E-state index contributed by atoms with van der Waals surface area (Å²) in [5.41, 5.74) is 2.99. The van der Waals surface area contributed by atoms with Gasteiger partial charge in [0.1, 0.15) is 5.75 Å². The average Bonchev–Trinajstić information content (AvgIpc) is 2.68. The number of nitrogens with one attached hydrogen (secondary N) is 1. The van der Waals surface area contributed by atoms with Crippen LogP contribution in [0.15, 0.2) is 48.5 Å². The Bertz CT molecular complexity index is 710. The van der Waals surface area contributed by atoms with Gasteiger partial charge in [0, 0.05) is 30.4 Å². The van der Waals surface area contributed by atoms with Crippen LogP contribution in [0.2, 0.25) is 0 Å². The summed E-state index contributed by atoms with van der Waals surface area (Å²) < 4.78 is 5.45. The predicted octanol–water partition coefficient (Wildman–Crippen LogP) is 4.71. The highest BCUT2D eigenvalue weighted by atomic mass is 16.5. The van der Waals surface area contributed by atoms with Gasteiger partial charge in [-0.15, -0.1) is 0 Å². The maximum atomic E-state index is 12.7. The second kappa shape index (κ2) is 8.75. The summed E-state index contributed by atoms with van der Waals surface area (Å²) in [5, 5.41) is 3.40. The number of anilines is 1. The Morgan fingerprint density at radius 1 is 1.12 bits per heavy atom. The molecule has 3 rings (SSSR count). The predicted molar refractivity (Wildman–Crippen MR) is 106 cm³/mol. The molecule has 4 nitrogen and oxygen atoms in total. The lowest BCUT2D eigenvalue weighted by Crippen LogP contribution is -2.42. The van der Waals surface area contributed by atoms with Crippen molar-refractivity contribution in [3.63, 3.8) is 0 Å². The number of rotatable bonds is 6. The van der Waals surface area contributed by atoms with E-state index in [2.05, 4.69) is 12.2 Å². The zero-order valence-electron chi connectivity index (χ0n) is 15.7. The van der Waals surface area contributed by atoms with E-state index in [1.165, 1.54) is 6.42 Å². The van der Waals surface area contributed by atoms with E-state index in [0.717, 1.165) is 48.5 Å². The number of carbonyl (C=O) groups excluding carboxylic acids is 1. The summed E-state index contributed by atoms with van der Waals surface area (Å²) in [5.74, 6) is 1.04. The topological polar surface area (TPSA) is 41.6 Å². The fourth-order valence-electron chi connectivity index (χ4n) is 3.37. The zero-order chi connectivity index (χ0) is 18.4. The summed E-state index contributed by atoms with van der Waals surface area (Å²) in [6.45, 7) is 6.40. The molecular formula is C22H28N2O2.